The van der Waals surface area contributed by atoms with E-state index in [1.807, 2.05) is 24.5 Å². The Morgan fingerprint density at radius 2 is 2.12 bits per heavy atom. The summed E-state index contributed by atoms with van der Waals surface area (Å²) >= 11 is 7.19. The molecule has 0 atom stereocenters. The Morgan fingerprint density at radius 1 is 1.29 bits per heavy atom. The number of hydrogen-bond acceptors (Lipinski definition) is 4. The van der Waals surface area contributed by atoms with Gasteiger partial charge in [0.2, 0.25) is 0 Å². The van der Waals surface area contributed by atoms with Crippen LogP contribution in [0.1, 0.15) is 16.9 Å². The molecule has 17 heavy (non-hydrogen) atoms. The summed E-state index contributed by atoms with van der Waals surface area (Å²) in [5, 5.41) is 0. The van der Waals surface area contributed by atoms with E-state index in [-0.39, 0.29) is 0 Å². The molecular weight excluding hydrogens is 256 g/mol. The van der Waals surface area contributed by atoms with Gasteiger partial charge in [-0.2, -0.15) is 0 Å². The molecule has 0 bridgehead atoms. The van der Waals surface area contributed by atoms with E-state index < -0.39 is 0 Å². The normalized spacial score (nSPS) is 10.6. The summed E-state index contributed by atoms with van der Waals surface area (Å²) in [6.45, 7) is 1.35. The van der Waals surface area contributed by atoms with Crippen molar-refractivity contribution in [3.05, 3.63) is 45.6 Å². The van der Waals surface area contributed by atoms with Gasteiger partial charge in [0.05, 0.1) is 11.5 Å². The van der Waals surface area contributed by atoms with Crippen molar-refractivity contribution in [3.8, 4) is 0 Å². The van der Waals surface area contributed by atoms with E-state index in [9.17, 15) is 0 Å². The molecule has 0 radical (unpaired) electrons. The summed E-state index contributed by atoms with van der Waals surface area (Å²) < 4.78 is 6.12. The minimum Gasteiger partial charge on any atom is -0.376 e. The molecule has 2 aromatic rings. The summed E-state index contributed by atoms with van der Waals surface area (Å²) in [6, 6.07) is 4.06. The summed E-state index contributed by atoms with van der Waals surface area (Å²) in [7, 11) is 0. The number of pyridine rings is 1. The maximum absolute atomic E-state index is 5.73. The van der Waals surface area contributed by atoms with Gasteiger partial charge < -0.3 is 4.74 Å². The third-order valence-electron chi connectivity index (χ3n) is 2.27. The molecule has 0 unspecified atom stereocenters. The highest BCUT2D eigenvalue weighted by Gasteiger charge is 1.99. The second-order valence-corrected chi connectivity index (χ2v) is 5.29. The number of aryl methyl sites for hydroxylation is 1. The van der Waals surface area contributed by atoms with Gasteiger partial charge in [0.15, 0.2) is 4.47 Å². The molecule has 0 aliphatic rings. The highest BCUT2D eigenvalue weighted by atomic mass is 35.5. The number of aromatic nitrogens is 2. The van der Waals surface area contributed by atoms with E-state index in [1.54, 1.807) is 6.20 Å². The molecule has 0 aliphatic heterocycles. The lowest BCUT2D eigenvalue weighted by atomic mass is 10.1. The fourth-order valence-electron chi connectivity index (χ4n) is 1.45. The van der Waals surface area contributed by atoms with Gasteiger partial charge >= 0.3 is 0 Å². The number of hydrogen-bond donors (Lipinski definition) is 0. The molecule has 2 rings (SSSR count). The highest BCUT2D eigenvalue weighted by molar-refractivity contribution is 7.15. The number of rotatable bonds is 6. The Bertz CT molecular complexity index is 447. The summed E-state index contributed by atoms with van der Waals surface area (Å²) in [6.07, 6.45) is 7.42. The van der Waals surface area contributed by atoms with Crippen LogP contribution in [0.15, 0.2) is 30.7 Å². The van der Waals surface area contributed by atoms with Crippen LogP contribution in [-0.2, 0) is 17.8 Å². The molecule has 0 fully saturated rings. The van der Waals surface area contributed by atoms with Gasteiger partial charge in [-0.15, -0.1) is 11.3 Å². The van der Waals surface area contributed by atoms with Crippen LogP contribution in [0.3, 0.4) is 0 Å². The third-order valence-corrected chi connectivity index (χ3v) is 3.36. The van der Waals surface area contributed by atoms with Crippen LogP contribution in [0.25, 0.3) is 0 Å². The van der Waals surface area contributed by atoms with E-state index >= 15 is 0 Å². The van der Waals surface area contributed by atoms with Gasteiger partial charge in [0, 0.05) is 25.2 Å². The molecule has 0 aliphatic carbocycles. The average Bonchev–Trinajstić information content (AvgIpc) is 2.76. The predicted octanol–water partition coefficient (Wildman–Crippen LogP) is 3.34. The fraction of sp³-hybridized carbons (Fsp3) is 0.333. The monoisotopic (exact) mass is 268 g/mol. The molecule has 0 saturated heterocycles. The number of halogens is 1. The Labute approximate surface area is 109 Å². The predicted molar refractivity (Wildman–Crippen MR) is 69.3 cm³/mol. The van der Waals surface area contributed by atoms with Crippen molar-refractivity contribution in [2.24, 2.45) is 0 Å². The molecule has 2 heterocycles. The van der Waals surface area contributed by atoms with Crippen LogP contribution < -0.4 is 0 Å². The zero-order valence-electron chi connectivity index (χ0n) is 9.30. The largest absolute Gasteiger partial charge is 0.376 e. The lowest BCUT2D eigenvalue weighted by molar-refractivity contribution is 0.120. The van der Waals surface area contributed by atoms with Crippen molar-refractivity contribution in [2.75, 3.05) is 6.61 Å². The van der Waals surface area contributed by atoms with Crippen LogP contribution in [0.5, 0.6) is 0 Å². The van der Waals surface area contributed by atoms with Crippen LogP contribution >= 0.6 is 22.9 Å². The van der Waals surface area contributed by atoms with Gasteiger partial charge in [0.25, 0.3) is 0 Å². The van der Waals surface area contributed by atoms with Gasteiger partial charge in [-0.3, -0.25) is 4.98 Å². The van der Waals surface area contributed by atoms with Crippen LogP contribution in [-0.4, -0.2) is 16.6 Å². The van der Waals surface area contributed by atoms with Crippen molar-refractivity contribution in [3.63, 3.8) is 0 Å². The SMILES string of the molecule is Clc1ncc(COCCCc2ccncc2)s1. The van der Waals surface area contributed by atoms with Crippen molar-refractivity contribution in [1.82, 2.24) is 9.97 Å². The van der Waals surface area contributed by atoms with Crippen LogP contribution in [0.4, 0.5) is 0 Å². The zero-order valence-corrected chi connectivity index (χ0v) is 10.9. The van der Waals surface area contributed by atoms with E-state index in [1.165, 1.54) is 16.9 Å². The number of nitrogens with zero attached hydrogens (tertiary/aromatic N) is 2. The molecule has 0 aromatic carbocycles. The molecular formula is C12H13ClN2OS. The van der Waals surface area contributed by atoms with E-state index in [2.05, 4.69) is 9.97 Å². The van der Waals surface area contributed by atoms with Gasteiger partial charge in [0.1, 0.15) is 0 Å². The minimum atomic E-state index is 0.570. The van der Waals surface area contributed by atoms with E-state index in [0.717, 1.165) is 24.3 Å². The van der Waals surface area contributed by atoms with Gasteiger partial charge in [-0.05, 0) is 30.5 Å². The molecule has 5 heteroatoms. The molecule has 0 saturated carbocycles. The maximum Gasteiger partial charge on any atom is 0.183 e. The lowest BCUT2D eigenvalue weighted by Gasteiger charge is -2.02. The Balaban J connectivity index is 1.61. The standard InChI is InChI=1S/C12H13ClN2OS/c13-12-15-8-11(17-12)9-16-7-1-2-10-3-5-14-6-4-10/h3-6,8H,1-2,7,9H2. The van der Waals surface area contributed by atoms with Crippen LogP contribution in [0.2, 0.25) is 4.47 Å². The molecule has 0 spiro atoms. The topological polar surface area (TPSA) is 35.0 Å². The Hall–Kier alpha value is -0.970. The first-order valence-electron chi connectivity index (χ1n) is 5.41. The maximum atomic E-state index is 5.73. The van der Waals surface area contributed by atoms with Gasteiger partial charge in [-0.1, -0.05) is 11.6 Å². The fourth-order valence-corrected chi connectivity index (χ4v) is 2.37. The van der Waals surface area contributed by atoms with E-state index in [0.29, 0.717) is 11.1 Å². The number of thiazole rings is 1. The van der Waals surface area contributed by atoms with Crippen LogP contribution in [0, 0.1) is 0 Å². The smallest absolute Gasteiger partial charge is 0.183 e. The Kier molecular flexibility index (Phi) is 4.91. The average molecular weight is 269 g/mol. The second kappa shape index (κ2) is 6.69. The lowest BCUT2D eigenvalue weighted by Crippen LogP contribution is -1.96. The zero-order chi connectivity index (χ0) is 11.9. The van der Waals surface area contributed by atoms with Crippen molar-refractivity contribution in [2.45, 2.75) is 19.4 Å². The summed E-state index contributed by atoms with van der Waals surface area (Å²) in [4.78, 5) is 9.01. The molecule has 0 N–H and O–H groups in total. The molecule has 90 valence electrons. The first-order valence-corrected chi connectivity index (χ1v) is 6.61. The summed E-state index contributed by atoms with van der Waals surface area (Å²) in [5.41, 5.74) is 1.30. The highest BCUT2D eigenvalue weighted by Crippen LogP contribution is 2.18. The van der Waals surface area contributed by atoms with E-state index in [4.69, 9.17) is 16.3 Å². The number of ether oxygens (including phenoxy) is 1. The third kappa shape index (κ3) is 4.42. The molecule has 2 aromatic heterocycles. The minimum absolute atomic E-state index is 0.570. The van der Waals surface area contributed by atoms with Crippen molar-refractivity contribution >= 4 is 22.9 Å². The quantitative estimate of drug-likeness (QED) is 0.754. The second-order valence-electron chi connectivity index (χ2n) is 3.59. The van der Waals surface area contributed by atoms with Crippen molar-refractivity contribution in [1.29, 1.82) is 0 Å². The summed E-state index contributed by atoms with van der Waals surface area (Å²) in [5.74, 6) is 0. The van der Waals surface area contributed by atoms with Gasteiger partial charge in [-0.25, -0.2) is 4.98 Å². The molecule has 0 amide bonds. The van der Waals surface area contributed by atoms with Crippen molar-refractivity contribution < 1.29 is 4.74 Å². The first-order chi connectivity index (χ1) is 8.34. The molecule has 3 nitrogen and oxygen atoms in total. The Morgan fingerprint density at radius 3 is 2.82 bits per heavy atom. The first kappa shape index (κ1) is 12.5.